The molecular weight excluding hydrogens is 440 g/mol. The summed E-state index contributed by atoms with van der Waals surface area (Å²) in [6, 6.07) is 0. The molecule has 0 aliphatic heterocycles. The van der Waals surface area contributed by atoms with Gasteiger partial charge in [-0.1, -0.05) is 46.8 Å². The molecule has 0 heterocycles. The predicted octanol–water partition coefficient (Wildman–Crippen LogP) is 5.03. The van der Waals surface area contributed by atoms with Crippen LogP contribution in [0, 0.1) is 56.7 Å². The van der Waals surface area contributed by atoms with Gasteiger partial charge in [-0.2, -0.15) is 0 Å². The van der Waals surface area contributed by atoms with E-state index in [1.165, 1.54) is 0 Å². The number of fused-ring (bicyclic) bond motifs is 7. The number of aliphatic hydroxyl groups is 3. The highest BCUT2D eigenvalue weighted by Crippen LogP contribution is 2.77. The molecule has 5 nitrogen and oxygen atoms in total. The maximum absolute atomic E-state index is 12.8. The lowest BCUT2D eigenvalue weighted by Crippen LogP contribution is -2.73. The molecule has 0 aromatic rings. The molecule has 198 valence electrons. The molecule has 12 atom stereocenters. The zero-order chi connectivity index (χ0) is 25.9. The number of allylic oxidation sites excluding steroid dienone is 1. The molecule has 0 aromatic heterocycles. The second-order valence-electron chi connectivity index (χ2n) is 14.7. The summed E-state index contributed by atoms with van der Waals surface area (Å²) >= 11 is 0. The number of carboxylic acids is 1. The van der Waals surface area contributed by atoms with Crippen molar-refractivity contribution in [3.63, 3.8) is 0 Å². The van der Waals surface area contributed by atoms with E-state index < -0.39 is 40.5 Å². The van der Waals surface area contributed by atoms with Crippen LogP contribution in [0.25, 0.3) is 0 Å². The average Bonchev–Trinajstić information content (AvgIpc) is 3.17. The first-order valence-corrected chi connectivity index (χ1v) is 14.0. The van der Waals surface area contributed by atoms with Crippen LogP contribution < -0.4 is 0 Å². The minimum atomic E-state index is -0.681. The van der Waals surface area contributed by atoms with Gasteiger partial charge in [0.15, 0.2) is 0 Å². The SMILES string of the molecule is C=C(C)[C@@H]1CC[C@]2(C(=O)O)CC[C@]3(C)[C@H](CC[C@@H]4[C@@]5(C)[C@H](O)C[C@H](O)C(C)(C)[C@@H]5C[C@H](O)[C@]43C)[C@@H]12. The first kappa shape index (κ1) is 25.7. The Kier molecular flexibility index (Phi) is 5.56. The maximum Gasteiger partial charge on any atom is 0.309 e. The molecule has 5 fully saturated rings. The predicted molar refractivity (Wildman–Crippen MR) is 135 cm³/mol. The Hall–Kier alpha value is -0.910. The molecule has 5 aliphatic rings. The van der Waals surface area contributed by atoms with E-state index in [-0.39, 0.29) is 40.4 Å². The van der Waals surface area contributed by atoms with Gasteiger partial charge in [0.1, 0.15) is 0 Å². The fourth-order valence-electron chi connectivity index (χ4n) is 11.4. The molecule has 0 saturated heterocycles. The van der Waals surface area contributed by atoms with Crippen LogP contribution >= 0.6 is 0 Å². The van der Waals surface area contributed by atoms with Crippen molar-refractivity contribution in [2.24, 2.45) is 56.7 Å². The molecule has 5 saturated carbocycles. The summed E-state index contributed by atoms with van der Waals surface area (Å²) in [5.74, 6) is -0.00938. The van der Waals surface area contributed by atoms with Gasteiger partial charge in [-0.25, -0.2) is 0 Å². The van der Waals surface area contributed by atoms with Gasteiger partial charge in [0.25, 0.3) is 0 Å². The summed E-state index contributed by atoms with van der Waals surface area (Å²) in [5.41, 5.74) is -0.993. The summed E-state index contributed by atoms with van der Waals surface area (Å²) in [5, 5.41) is 45.0. The Bertz CT molecular complexity index is 928. The Morgan fingerprint density at radius 3 is 2.09 bits per heavy atom. The third-order valence-electron chi connectivity index (χ3n) is 13.7. The number of hydrogen-bond donors (Lipinski definition) is 4. The molecule has 0 radical (unpaired) electrons. The van der Waals surface area contributed by atoms with E-state index in [1.54, 1.807) is 0 Å². The molecule has 0 spiro atoms. The second-order valence-corrected chi connectivity index (χ2v) is 14.7. The van der Waals surface area contributed by atoms with E-state index in [2.05, 4.69) is 48.1 Å². The Balaban J connectivity index is 1.62. The zero-order valence-electron chi connectivity index (χ0n) is 22.7. The van der Waals surface area contributed by atoms with Gasteiger partial charge in [-0.3, -0.25) is 4.79 Å². The number of carbonyl (C=O) groups is 1. The van der Waals surface area contributed by atoms with Crippen LogP contribution in [0.1, 0.15) is 92.9 Å². The van der Waals surface area contributed by atoms with E-state index >= 15 is 0 Å². The third kappa shape index (κ3) is 2.84. The summed E-state index contributed by atoms with van der Waals surface area (Å²) in [7, 11) is 0. The highest BCUT2D eigenvalue weighted by Gasteiger charge is 2.75. The van der Waals surface area contributed by atoms with Crippen LogP contribution in [0.5, 0.6) is 0 Å². The van der Waals surface area contributed by atoms with Crippen LogP contribution in [-0.4, -0.2) is 44.7 Å². The number of carboxylic acid groups (broad SMARTS) is 1. The fraction of sp³-hybridized carbons (Fsp3) is 0.900. The number of rotatable bonds is 2. The average molecular weight is 489 g/mol. The molecule has 0 amide bonds. The number of hydrogen-bond acceptors (Lipinski definition) is 4. The summed E-state index contributed by atoms with van der Waals surface area (Å²) in [6.07, 6.45) is 4.13. The molecule has 5 aliphatic carbocycles. The molecule has 5 heteroatoms. The summed E-state index contributed by atoms with van der Waals surface area (Å²) in [4.78, 5) is 12.8. The van der Waals surface area contributed by atoms with Gasteiger partial charge in [-0.05, 0) is 92.3 Å². The molecule has 5 rings (SSSR count). The monoisotopic (exact) mass is 488 g/mol. The topological polar surface area (TPSA) is 98.0 Å². The highest BCUT2D eigenvalue weighted by molar-refractivity contribution is 5.76. The van der Waals surface area contributed by atoms with Crippen LogP contribution in [0.3, 0.4) is 0 Å². The van der Waals surface area contributed by atoms with Crippen molar-refractivity contribution >= 4 is 5.97 Å². The van der Waals surface area contributed by atoms with Gasteiger partial charge < -0.3 is 20.4 Å². The third-order valence-corrected chi connectivity index (χ3v) is 13.7. The molecule has 0 aromatic carbocycles. The standard InChI is InChI=1S/C30H48O5/c1-16(2)17-10-11-30(25(34)35)13-12-27(5)18(24(17)30)8-9-19-28(6)20(14-23(33)29(19,27)7)26(3,4)21(31)15-22(28)32/h17-24,31-33H,1,8-15H2,2-7H3,(H,34,35)/t17-,18+,19+,20-,21-,22+,23-,24+,27+,28+,29-,30-/m0/s1. The lowest BCUT2D eigenvalue weighted by Gasteiger charge is -2.74. The van der Waals surface area contributed by atoms with Gasteiger partial charge in [0, 0.05) is 17.3 Å². The van der Waals surface area contributed by atoms with Gasteiger partial charge in [0.05, 0.1) is 23.7 Å². The zero-order valence-corrected chi connectivity index (χ0v) is 22.7. The van der Waals surface area contributed by atoms with E-state index in [9.17, 15) is 25.2 Å². The van der Waals surface area contributed by atoms with Crippen molar-refractivity contribution in [2.75, 3.05) is 0 Å². The number of aliphatic carboxylic acids is 1. The van der Waals surface area contributed by atoms with Gasteiger partial charge in [0.2, 0.25) is 0 Å². The minimum absolute atomic E-state index is 0.0262. The van der Waals surface area contributed by atoms with Crippen molar-refractivity contribution in [3.8, 4) is 0 Å². The van der Waals surface area contributed by atoms with E-state index in [1.807, 2.05) is 0 Å². The van der Waals surface area contributed by atoms with Crippen LogP contribution in [0.4, 0.5) is 0 Å². The van der Waals surface area contributed by atoms with Crippen molar-refractivity contribution in [3.05, 3.63) is 12.2 Å². The largest absolute Gasteiger partial charge is 0.481 e. The fourth-order valence-corrected chi connectivity index (χ4v) is 11.4. The molecule has 0 bridgehead atoms. The second kappa shape index (κ2) is 7.57. The molecule has 4 N–H and O–H groups in total. The van der Waals surface area contributed by atoms with E-state index in [0.29, 0.717) is 19.3 Å². The first-order valence-electron chi connectivity index (χ1n) is 14.0. The van der Waals surface area contributed by atoms with Crippen molar-refractivity contribution in [1.82, 2.24) is 0 Å². The molecular formula is C30H48O5. The Labute approximate surface area is 211 Å². The number of aliphatic hydroxyl groups excluding tert-OH is 3. The van der Waals surface area contributed by atoms with Crippen molar-refractivity contribution in [2.45, 2.75) is 111 Å². The Morgan fingerprint density at radius 2 is 1.49 bits per heavy atom. The smallest absolute Gasteiger partial charge is 0.309 e. The van der Waals surface area contributed by atoms with E-state index in [0.717, 1.165) is 37.7 Å². The molecule has 35 heavy (non-hydrogen) atoms. The summed E-state index contributed by atoms with van der Waals surface area (Å²) in [6.45, 7) is 17.4. The van der Waals surface area contributed by atoms with Gasteiger partial charge in [-0.15, -0.1) is 0 Å². The van der Waals surface area contributed by atoms with Gasteiger partial charge >= 0.3 is 5.97 Å². The van der Waals surface area contributed by atoms with Crippen LogP contribution in [0.15, 0.2) is 12.2 Å². The lowest BCUT2D eigenvalue weighted by molar-refractivity contribution is -0.303. The quantitative estimate of drug-likeness (QED) is 0.409. The molecule has 0 unspecified atom stereocenters. The summed E-state index contributed by atoms with van der Waals surface area (Å²) < 4.78 is 0. The van der Waals surface area contributed by atoms with Crippen molar-refractivity contribution in [1.29, 1.82) is 0 Å². The van der Waals surface area contributed by atoms with Crippen LogP contribution in [-0.2, 0) is 4.79 Å². The normalized spacial score (nSPS) is 56.8. The lowest BCUT2D eigenvalue weighted by atomic mass is 9.31. The Morgan fingerprint density at radius 1 is 0.829 bits per heavy atom. The minimum Gasteiger partial charge on any atom is -0.481 e. The highest BCUT2D eigenvalue weighted by atomic mass is 16.4. The van der Waals surface area contributed by atoms with Crippen molar-refractivity contribution < 1.29 is 25.2 Å². The maximum atomic E-state index is 12.8. The first-order chi connectivity index (χ1) is 16.1. The van der Waals surface area contributed by atoms with E-state index in [4.69, 9.17) is 0 Å². The van der Waals surface area contributed by atoms with Crippen LogP contribution in [0.2, 0.25) is 0 Å².